The van der Waals surface area contributed by atoms with Crippen LogP contribution in [0.2, 0.25) is 0 Å². The van der Waals surface area contributed by atoms with Gasteiger partial charge in [0.25, 0.3) is 0 Å². The van der Waals surface area contributed by atoms with Crippen molar-refractivity contribution in [2.45, 2.75) is 11.3 Å². The summed E-state index contributed by atoms with van der Waals surface area (Å²) < 4.78 is 38.2. The summed E-state index contributed by atoms with van der Waals surface area (Å²) >= 11 is 0. The van der Waals surface area contributed by atoms with Crippen molar-refractivity contribution >= 4 is 32.5 Å². The Morgan fingerprint density at radius 2 is 1.97 bits per heavy atom. The minimum atomic E-state index is -3.76. The number of rotatable bonds is 6. The number of amides is 1. The first-order valence-corrected chi connectivity index (χ1v) is 11.3. The van der Waals surface area contributed by atoms with E-state index in [-0.39, 0.29) is 36.1 Å². The fourth-order valence-corrected chi connectivity index (χ4v) is 5.16. The molecule has 2 aromatic carbocycles. The van der Waals surface area contributed by atoms with Crippen LogP contribution in [0, 0.1) is 0 Å². The standard InChI is InChI=1S/C22H23N3O5S/c1-29-20-8-7-16(14-21(20)31(27,28)25-10-12-30-13-11-25)15-22(26)24-19-6-2-5-18-17(19)4-3-9-23-18/h2-9,14H,10-13,15H2,1H3,(H,24,26). The van der Waals surface area contributed by atoms with Gasteiger partial charge in [0.05, 0.1) is 37.9 Å². The van der Waals surface area contributed by atoms with E-state index in [9.17, 15) is 13.2 Å². The number of methoxy groups -OCH3 is 1. The predicted molar refractivity (Wildman–Crippen MR) is 117 cm³/mol. The maximum atomic E-state index is 13.1. The fourth-order valence-electron chi connectivity index (χ4n) is 3.55. The van der Waals surface area contributed by atoms with E-state index >= 15 is 0 Å². The molecular weight excluding hydrogens is 418 g/mol. The van der Waals surface area contributed by atoms with Gasteiger partial charge in [-0.15, -0.1) is 0 Å². The molecule has 1 saturated heterocycles. The van der Waals surface area contributed by atoms with Crippen LogP contribution >= 0.6 is 0 Å². The zero-order chi connectivity index (χ0) is 21.8. The number of anilines is 1. The summed E-state index contributed by atoms with van der Waals surface area (Å²) in [5, 5.41) is 3.73. The second-order valence-electron chi connectivity index (χ2n) is 7.10. The van der Waals surface area contributed by atoms with Crippen molar-refractivity contribution in [3.05, 3.63) is 60.3 Å². The smallest absolute Gasteiger partial charge is 0.246 e. The molecule has 3 aromatic rings. The lowest BCUT2D eigenvalue weighted by Gasteiger charge is -2.26. The predicted octanol–water partition coefficient (Wildman–Crippen LogP) is 2.45. The van der Waals surface area contributed by atoms with Gasteiger partial charge in [-0.25, -0.2) is 8.42 Å². The molecule has 1 fully saturated rings. The molecule has 0 saturated carbocycles. The molecule has 0 bridgehead atoms. The van der Waals surface area contributed by atoms with E-state index in [2.05, 4.69) is 10.3 Å². The lowest BCUT2D eigenvalue weighted by atomic mass is 10.1. The van der Waals surface area contributed by atoms with Gasteiger partial charge in [-0.05, 0) is 42.0 Å². The summed E-state index contributed by atoms with van der Waals surface area (Å²) in [6, 6.07) is 14.0. The first-order chi connectivity index (χ1) is 15.0. The van der Waals surface area contributed by atoms with Gasteiger partial charge in [0.15, 0.2) is 0 Å². The third kappa shape index (κ3) is 4.53. The summed E-state index contributed by atoms with van der Waals surface area (Å²) in [6.45, 7) is 1.27. The van der Waals surface area contributed by atoms with Crippen molar-refractivity contribution in [1.29, 1.82) is 0 Å². The maximum Gasteiger partial charge on any atom is 0.246 e. The zero-order valence-corrected chi connectivity index (χ0v) is 17.9. The monoisotopic (exact) mass is 441 g/mol. The quantitative estimate of drug-likeness (QED) is 0.631. The number of hydrogen-bond donors (Lipinski definition) is 1. The Morgan fingerprint density at radius 1 is 1.16 bits per heavy atom. The van der Waals surface area contributed by atoms with Gasteiger partial charge >= 0.3 is 0 Å². The van der Waals surface area contributed by atoms with E-state index in [4.69, 9.17) is 9.47 Å². The highest BCUT2D eigenvalue weighted by molar-refractivity contribution is 7.89. The van der Waals surface area contributed by atoms with Crippen molar-refractivity contribution in [1.82, 2.24) is 9.29 Å². The van der Waals surface area contributed by atoms with Gasteiger partial charge in [0, 0.05) is 24.7 Å². The van der Waals surface area contributed by atoms with Crippen LogP contribution in [0.3, 0.4) is 0 Å². The number of benzene rings is 2. The summed E-state index contributed by atoms with van der Waals surface area (Å²) in [4.78, 5) is 17.0. The normalized spacial score (nSPS) is 15.0. The minimum absolute atomic E-state index is 0.0201. The lowest BCUT2D eigenvalue weighted by molar-refractivity contribution is -0.115. The molecule has 0 unspecified atom stereocenters. The molecule has 1 aromatic heterocycles. The molecule has 31 heavy (non-hydrogen) atoms. The molecule has 1 aliphatic rings. The van der Waals surface area contributed by atoms with Crippen LogP contribution in [-0.2, 0) is 26.0 Å². The summed E-state index contributed by atoms with van der Waals surface area (Å²) in [7, 11) is -2.34. The first kappa shape index (κ1) is 21.2. The highest BCUT2D eigenvalue weighted by Crippen LogP contribution is 2.29. The molecule has 9 heteroatoms. The zero-order valence-electron chi connectivity index (χ0n) is 17.1. The van der Waals surface area contributed by atoms with Crippen molar-refractivity contribution < 1.29 is 22.7 Å². The molecular formula is C22H23N3O5S. The number of carbonyl (C=O) groups is 1. The molecule has 1 aliphatic heterocycles. The molecule has 0 spiro atoms. The van der Waals surface area contributed by atoms with E-state index in [1.807, 2.05) is 30.3 Å². The lowest BCUT2D eigenvalue weighted by Crippen LogP contribution is -2.40. The van der Waals surface area contributed by atoms with Gasteiger partial charge in [0.2, 0.25) is 15.9 Å². The Bertz CT molecular complexity index is 1200. The number of sulfonamides is 1. The Hall–Kier alpha value is -3.01. The average molecular weight is 442 g/mol. The van der Waals surface area contributed by atoms with Crippen LogP contribution in [0.5, 0.6) is 5.75 Å². The van der Waals surface area contributed by atoms with Crippen LogP contribution in [0.15, 0.2) is 59.6 Å². The molecule has 1 N–H and O–H groups in total. The van der Waals surface area contributed by atoms with E-state index < -0.39 is 10.0 Å². The van der Waals surface area contributed by atoms with Crippen LogP contribution in [0.25, 0.3) is 10.9 Å². The van der Waals surface area contributed by atoms with Crippen molar-refractivity contribution in [2.75, 3.05) is 38.7 Å². The number of ether oxygens (including phenoxy) is 2. The number of fused-ring (bicyclic) bond motifs is 1. The third-order valence-electron chi connectivity index (χ3n) is 5.10. The largest absolute Gasteiger partial charge is 0.495 e. The van der Waals surface area contributed by atoms with E-state index in [0.717, 1.165) is 10.9 Å². The molecule has 1 amide bonds. The SMILES string of the molecule is COc1ccc(CC(=O)Nc2cccc3ncccc23)cc1S(=O)(=O)N1CCOCC1. The fraction of sp³-hybridized carbons (Fsp3) is 0.273. The minimum Gasteiger partial charge on any atom is -0.495 e. The van der Waals surface area contributed by atoms with Gasteiger partial charge in [-0.2, -0.15) is 4.31 Å². The summed E-state index contributed by atoms with van der Waals surface area (Å²) in [6.07, 6.45) is 1.72. The topological polar surface area (TPSA) is 97.8 Å². The van der Waals surface area contributed by atoms with Crippen LogP contribution in [0.1, 0.15) is 5.56 Å². The highest BCUT2D eigenvalue weighted by atomic mass is 32.2. The van der Waals surface area contributed by atoms with Crippen LogP contribution in [-0.4, -0.2) is 57.0 Å². The number of aromatic nitrogens is 1. The van der Waals surface area contributed by atoms with E-state index in [1.165, 1.54) is 17.5 Å². The second kappa shape index (κ2) is 9.01. The molecule has 0 atom stereocenters. The van der Waals surface area contributed by atoms with Crippen molar-refractivity contribution in [3.8, 4) is 5.75 Å². The van der Waals surface area contributed by atoms with Crippen molar-refractivity contribution in [3.63, 3.8) is 0 Å². The van der Waals surface area contributed by atoms with Crippen LogP contribution in [0.4, 0.5) is 5.69 Å². The molecule has 2 heterocycles. The molecule has 162 valence electrons. The Labute approximate surface area is 180 Å². The molecule has 0 aliphatic carbocycles. The maximum absolute atomic E-state index is 13.1. The van der Waals surface area contributed by atoms with Gasteiger partial charge in [-0.1, -0.05) is 12.1 Å². The van der Waals surface area contributed by atoms with Gasteiger partial charge < -0.3 is 14.8 Å². The highest BCUT2D eigenvalue weighted by Gasteiger charge is 2.29. The van der Waals surface area contributed by atoms with Gasteiger partial charge in [0.1, 0.15) is 10.6 Å². The number of morpholine rings is 1. The molecule has 4 rings (SSSR count). The second-order valence-corrected chi connectivity index (χ2v) is 9.01. The summed E-state index contributed by atoms with van der Waals surface area (Å²) in [5.41, 5.74) is 2.01. The van der Waals surface area contributed by atoms with Gasteiger partial charge in [-0.3, -0.25) is 9.78 Å². The third-order valence-corrected chi connectivity index (χ3v) is 7.02. The van der Waals surface area contributed by atoms with Crippen LogP contribution < -0.4 is 10.1 Å². The Balaban J connectivity index is 1.57. The number of hydrogen-bond acceptors (Lipinski definition) is 6. The van der Waals surface area contributed by atoms with E-state index in [0.29, 0.717) is 24.5 Å². The first-order valence-electron chi connectivity index (χ1n) is 9.87. The van der Waals surface area contributed by atoms with E-state index in [1.54, 1.807) is 18.3 Å². The number of pyridine rings is 1. The summed E-state index contributed by atoms with van der Waals surface area (Å²) in [5.74, 6) is -0.00739. The number of nitrogens with one attached hydrogen (secondary N) is 1. The number of carbonyl (C=O) groups excluding carboxylic acids is 1. The average Bonchev–Trinajstić information content (AvgIpc) is 2.80. The molecule has 8 nitrogen and oxygen atoms in total. The van der Waals surface area contributed by atoms with Crippen molar-refractivity contribution in [2.24, 2.45) is 0 Å². The Morgan fingerprint density at radius 3 is 2.74 bits per heavy atom. The number of nitrogens with zero attached hydrogens (tertiary/aromatic N) is 2. The Kier molecular flexibility index (Phi) is 6.17. The molecule has 0 radical (unpaired) electrons.